The summed E-state index contributed by atoms with van der Waals surface area (Å²) in [5.74, 6) is 0. The lowest BCUT2D eigenvalue weighted by molar-refractivity contribution is 0.147. The van der Waals surface area contributed by atoms with E-state index >= 15 is 0 Å². The van der Waals surface area contributed by atoms with Crippen LogP contribution in [0.15, 0.2) is 28.7 Å². The first-order valence-corrected chi connectivity index (χ1v) is 6.37. The van der Waals surface area contributed by atoms with Crippen molar-refractivity contribution in [3.8, 4) is 0 Å². The highest BCUT2D eigenvalue weighted by Gasteiger charge is 2.21. The van der Waals surface area contributed by atoms with Crippen molar-refractivity contribution in [2.24, 2.45) is 0 Å². The van der Waals surface area contributed by atoms with Gasteiger partial charge in [0.2, 0.25) is 0 Å². The Morgan fingerprint density at radius 1 is 1.35 bits per heavy atom. The van der Waals surface area contributed by atoms with Crippen molar-refractivity contribution in [2.45, 2.75) is 6.04 Å². The van der Waals surface area contributed by atoms with Crippen LogP contribution in [-0.2, 0) is 0 Å². The maximum atomic E-state index is 13.2. The van der Waals surface area contributed by atoms with Gasteiger partial charge in [-0.1, -0.05) is 28.1 Å². The Kier molecular flexibility index (Phi) is 6.41. The maximum absolute atomic E-state index is 13.2. The van der Waals surface area contributed by atoms with Gasteiger partial charge in [0.25, 0.3) is 0 Å². The fourth-order valence-electron chi connectivity index (χ4n) is 2.11. The third kappa shape index (κ3) is 3.91. The first kappa shape index (κ1) is 14.9. The normalized spacial score (nSPS) is 18.5. The van der Waals surface area contributed by atoms with Crippen LogP contribution >= 0.6 is 28.3 Å². The summed E-state index contributed by atoms with van der Waals surface area (Å²) in [6.45, 7) is 3.41. The van der Waals surface area contributed by atoms with Gasteiger partial charge in [-0.3, -0.25) is 4.90 Å². The lowest BCUT2D eigenvalue weighted by Gasteiger charge is -2.33. The first-order chi connectivity index (χ1) is 7.81. The van der Waals surface area contributed by atoms with Crippen molar-refractivity contribution in [1.82, 2.24) is 10.2 Å². The van der Waals surface area contributed by atoms with Crippen LogP contribution in [0.1, 0.15) is 11.6 Å². The number of benzene rings is 1. The smallest absolute Gasteiger partial charge is 0.109 e. The van der Waals surface area contributed by atoms with Gasteiger partial charge in [0.15, 0.2) is 0 Å². The Bertz CT molecular complexity index is 345. The summed E-state index contributed by atoms with van der Waals surface area (Å²) in [4.78, 5) is 2.21. The predicted octanol–water partition coefficient (Wildman–Crippen LogP) is 2.79. The predicted molar refractivity (Wildman–Crippen MR) is 74.5 cm³/mol. The second-order valence-corrected chi connectivity index (χ2v) is 4.93. The molecule has 0 amide bonds. The van der Waals surface area contributed by atoms with Crippen molar-refractivity contribution in [3.63, 3.8) is 0 Å². The summed E-state index contributed by atoms with van der Waals surface area (Å²) in [6, 6.07) is 7.84. The van der Waals surface area contributed by atoms with Crippen LogP contribution < -0.4 is 5.32 Å². The van der Waals surface area contributed by atoms with Crippen molar-refractivity contribution in [1.29, 1.82) is 0 Å². The molecule has 1 aliphatic rings. The van der Waals surface area contributed by atoms with Gasteiger partial charge >= 0.3 is 0 Å². The van der Waals surface area contributed by atoms with E-state index in [0.717, 1.165) is 36.2 Å². The average Bonchev–Trinajstić information content (AvgIpc) is 2.31. The van der Waals surface area contributed by atoms with E-state index in [9.17, 15) is 4.39 Å². The molecule has 1 aromatic rings. The third-order valence-electron chi connectivity index (χ3n) is 2.97. The highest BCUT2D eigenvalue weighted by atomic mass is 79.9. The summed E-state index contributed by atoms with van der Waals surface area (Å²) in [6.07, 6.45) is 0. The summed E-state index contributed by atoms with van der Waals surface area (Å²) < 4.78 is 14.2. The molecule has 1 atom stereocenters. The summed E-state index contributed by atoms with van der Waals surface area (Å²) in [5.41, 5.74) is 1.05. The average molecular weight is 324 g/mol. The van der Waals surface area contributed by atoms with Gasteiger partial charge in [0.1, 0.15) is 6.67 Å². The molecule has 1 fully saturated rings. The van der Waals surface area contributed by atoms with E-state index in [1.54, 1.807) is 0 Å². The van der Waals surface area contributed by atoms with Crippen LogP contribution in [0.3, 0.4) is 0 Å². The molecule has 1 saturated heterocycles. The highest BCUT2D eigenvalue weighted by molar-refractivity contribution is 9.10. The van der Waals surface area contributed by atoms with Gasteiger partial charge in [-0.05, 0) is 17.7 Å². The minimum atomic E-state index is -0.323. The molecule has 0 aliphatic carbocycles. The topological polar surface area (TPSA) is 15.3 Å². The molecule has 5 heteroatoms. The fourth-order valence-corrected chi connectivity index (χ4v) is 2.52. The molecule has 1 aromatic carbocycles. The maximum Gasteiger partial charge on any atom is 0.109 e. The second kappa shape index (κ2) is 7.31. The van der Waals surface area contributed by atoms with Crippen molar-refractivity contribution >= 4 is 28.3 Å². The second-order valence-electron chi connectivity index (χ2n) is 4.01. The van der Waals surface area contributed by atoms with Gasteiger partial charge < -0.3 is 5.32 Å². The number of hydrogen-bond donors (Lipinski definition) is 1. The molecule has 0 bridgehead atoms. The molecule has 0 spiro atoms. The number of nitrogens with zero attached hydrogens (tertiary/aromatic N) is 1. The fraction of sp³-hybridized carbons (Fsp3) is 0.500. The molecule has 17 heavy (non-hydrogen) atoms. The Labute approximate surface area is 116 Å². The Balaban J connectivity index is 0.00000144. The molecular formula is C12H17BrClFN2. The molecule has 1 heterocycles. The van der Waals surface area contributed by atoms with Crippen LogP contribution in [0.4, 0.5) is 4.39 Å². The number of nitrogens with one attached hydrogen (secondary N) is 1. The van der Waals surface area contributed by atoms with Gasteiger partial charge in [-0.2, -0.15) is 0 Å². The zero-order chi connectivity index (χ0) is 11.4. The molecule has 1 aliphatic heterocycles. The van der Waals surface area contributed by atoms with E-state index in [1.807, 2.05) is 24.3 Å². The van der Waals surface area contributed by atoms with E-state index < -0.39 is 0 Å². The molecule has 0 aromatic heterocycles. The number of alkyl halides is 1. The Morgan fingerprint density at radius 2 is 2.06 bits per heavy atom. The third-order valence-corrected chi connectivity index (χ3v) is 3.47. The first-order valence-electron chi connectivity index (χ1n) is 5.57. The molecule has 1 N–H and O–H groups in total. The van der Waals surface area contributed by atoms with Crippen LogP contribution in [0.5, 0.6) is 0 Å². The van der Waals surface area contributed by atoms with Gasteiger partial charge in [0, 0.05) is 30.7 Å². The molecule has 96 valence electrons. The summed E-state index contributed by atoms with van der Waals surface area (Å²) >= 11 is 3.43. The minimum absolute atomic E-state index is 0. The van der Waals surface area contributed by atoms with Crippen molar-refractivity contribution < 1.29 is 4.39 Å². The summed E-state index contributed by atoms with van der Waals surface area (Å²) in [7, 11) is 0. The van der Waals surface area contributed by atoms with Gasteiger partial charge in [-0.25, -0.2) is 4.39 Å². The quantitative estimate of drug-likeness (QED) is 0.920. The molecule has 2 nitrogen and oxygen atoms in total. The lowest BCUT2D eigenvalue weighted by atomic mass is 10.1. The van der Waals surface area contributed by atoms with Crippen molar-refractivity contribution in [2.75, 3.05) is 32.9 Å². The van der Waals surface area contributed by atoms with Crippen LogP contribution in [-0.4, -0.2) is 37.8 Å². The zero-order valence-corrected chi connectivity index (χ0v) is 11.9. The SMILES string of the molecule is Cl.FC[C@@H](c1cccc(Br)c1)N1CCNCC1. The lowest BCUT2D eigenvalue weighted by Crippen LogP contribution is -2.45. The highest BCUT2D eigenvalue weighted by Crippen LogP contribution is 2.24. The molecule has 0 radical (unpaired) electrons. The zero-order valence-electron chi connectivity index (χ0n) is 9.53. The van der Waals surface area contributed by atoms with Crippen LogP contribution in [0.2, 0.25) is 0 Å². The largest absolute Gasteiger partial charge is 0.314 e. The standard InChI is InChI=1S/C12H16BrFN2.ClH/c13-11-3-1-2-10(8-11)12(9-14)16-6-4-15-5-7-16;/h1-3,8,12,15H,4-7,9H2;1H/t12-;/m0./s1. The van der Waals surface area contributed by atoms with Crippen LogP contribution in [0.25, 0.3) is 0 Å². The van der Waals surface area contributed by atoms with E-state index in [2.05, 4.69) is 26.1 Å². The van der Waals surface area contributed by atoms with Gasteiger partial charge in [-0.15, -0.1) is 12.4 Å². The molecule has 0 saturated carbocycles. The van der Waals surface area contributed by atoms with E-state index in [0.29, 0.717) is 0 Å². The van der Waals surface area contributed by atoms with Gasteiger partial charge in [0.05, 0.1) is 6.04 Å². The monoisotopic (exact) mass is 322 g/mol. The van der Waals surface area contributed by atoms with E-state index in [4.69, 9.17) is 0 Å². The minimum Gasteiger partial charge on any atom is -0.314 e. The van der Waals surface area contributed by atoms with Crippen molar-refractivity contribution in [3.05, 3.63) is 34.3 Å². The number of hydrogen-bond acceptors (Lipinski definition) is 2. The van der Waals surface area contributed by atoms with E-state index in [1.165, 1.54) is 0 Å². The summed E-state index contributed by atoms with van der Waals surface area (Å²) in [5, 5.41) is 3.28. The molecule has 0 unspecified atom stereocenters. The number of piperazine rings is 1. The number of halogens is 3. The van der Waals surface area contributed by atoms with Crippen LogP contribution in [0, 0.1) is 0 Å². The molecular weight excluding hydrogens is 307 g/mol. The molecule has 2 rings (SSSR count). The Morgan fingerprint density at radius 3 is 2.65 bits per heavy atom. The van der Waals surface area contributed by atoms with E-state index in [-0.39, 0.29) is 25.1 Å². The Hall–Kier alpha value is -0.160. The number of rotatable bonds is 3.